The number of nitrogens with one attached hydrogen (secondary N) is 1. The normalized spacial score (nSPS) is 17.0. The first-order valence-corrected chi connectivity index (χ1v) is 8.60. The number of carbonyl (C=O) groups is 2. The Kier molecular flexibility index (Phi) is 6.93. The molecule has 2 aromatic rings. The van der Waals surface area contributed by atoms with Gasteiger partial charge in [-0.05, 0) is 32.3 Å². The third-order valence-electron chi connectivity index (χ3n) is 4.55. The molecule has 0 bridgehead atoms. The van der Waals surface area contributed by atoms with Crippen LogP contribution in [0.4, 0.5) is 0 Å². The van der Waals surface area contributed by atoms with Gasteiger partial charge in [0, 0.05) is 38.3 Å². The molecule has 3 heterocycles. The van der Waals surface area contributed by atoms with Gasteiger partial charge in [0.1, 0.15) is 0 Å². The molecule has 1 saturated heterocycles. The van der Waals surface area contributed by atoms with Gasteiger partial charge >= 0.3 is 0 Å². The van der Waals surface area contributed by atoms with Crippen LogP contribution in [-0.4, -0.2) is 52.5 Å². The van der Waals surface area contributed by atoms with E-state index in [-0.39, 0.29) is 30.3 Å². The number of carbonyl (C=O) groups excluding carboxylic acids is 2. The summed E-state index contributed by atoms with van der Waals surface area (Å²) < 4.78 is 5.09. The second-order valence-corrected chi connectivity index (χ2v) is 6.34. The highest BCUT2D eigenvalue weighted by Gasteiger charge is 2.28. The molecule has 0 aliphatic carbocycles. The Labute approximate surface area is 157 Å². The van der Waals surface area contributed by atoms with Crippen LogP contribution in [0.3, 0.4) is 0 Å². The lowest BCUT2D eigenvalue weighted by molar-refractivity contribution is -0.121. The lowest BCUT2D eigenvalue weighted by atomic mass is 10.0. The fourth-order valence-corrected chi connectivity index (χ4v) is 3.16. The highest BCUT2D eigenvalue weighted by atomic mass is 35.5. The molecule has 2 amide bonds. The van der Waals surface area contributed by atoms with Gasteiger partial charge in [0.25, 0.3) is 11.6 Å². The number of nitrogens with two attached hydrogens (primary N) is 1. The number of fused-ring (bicyclic) bond motifs is 1. The highest BCUT2D eigenvalue weighted by Crippen LogP contribution is 2.22. The Morgan fingerprint density at radius 1 is 1.42 bits per heavy atom. The Morgan fingerprint density at radius 2 is 2.23 bits per heavy atom. The molecule has 1 unspecified atom stereocenters. The number of aryl methyl sites for hydroxylation is 1. The third-order valence-corrected chi connectivity index (χ3v) is 4.55. The number of nitrogens with zero attached hydrogens (tertiary/aromatic N) is 3. The van der Waals surface area contributed by atoms with Crippen molar-refractivity contribution in [1.82, 2.24) is 20.4 Å². The number of rotatable bonds is 5. The van der Waals surface area contributed by atoms with Crippen molar-refractivity contribution in [3.05, 3.63) is 23.5 Å². The van der Waals surface area contributed by atoms with Crippen LogP contribution in [0.2, 0.25) is 0 Å². The van der Waals surface area contributed by atoms with Crippen LogP contribution in [0.25, 0.3) is 11.1 Å². The second kappa shape index (κ2) is 8.95. The van der Waals surface area contributed by atoms with E-state index in [1.165, 1.54) is 6.20 Å². The van der Waals surface area contributed by atoms with E-state index < -0.39 is 0 Å². The summed E-state index contributed by atoms with van der Waals surface area (Å²) in [6.07, 6.45) is 4.70. The lowest BCUT2D eigenvalue weighted by Gasteiger charge is -2.36. The molecule has 1 aliphatic heterocycles. The van der Waals surface area contributed by atoms with E-state index >= 15 is 0 Å². The van der Waals surface area contributed by atoms with Gasteiger partial charge in [-0.3, -0.25) is 9.59 Å². The van der Waals surface area contributed by atoms with E-state index in [0.717, 1.165) is 24.6 Å². The smallest absolute Gasteiger partial charge is 0.257 e. The number of aromatic nitrogens is 2. The van der Waals surface area contributed by atoms with Gasteiger partial charge in [0.15, 0.2) is 0 Å². The van der Waals surface area contributed by atoms with Gasteiger partial charge in [-0.2, -0.15) is 0 Å². The van der Waals surface area contributed by atoms with Crippen LogP contribution < -0.4 is 11.1 Å². The van der Waals surface area contributed by atoms with Crippen molar-refractivity contribution in [2.24, 2.45) is 5.73 Å². The molecular formula is C17H24ClN5O3. The second-order valence-electron chi connectivity index (χ2n) is 6.34. The predicted molar refractivity (Wildman–Crippen MR) is 99.1 cm³/mol. The minimum absolute atomic E-state index is 0. The molecule has 8 nitrogen and oxygen atoms in total. The quantitative estimate of drug-likeness (QED) is 0.809. The van der Waals surface area contributed by atoms with Crippen LogP contribution in [0.15, 0.2) is 16.8 Å². The maximum Gasteiger partial charge on any atom is 0.257 e. The average Bonchev–Trinajstić information content (AvgIpc) is 3.00. The molecule has 1 aliphatic rings. The summed E-state index contributed by atoms with van der Waals surface area (Å²) in [4.78, 5) is 30.6. The summed E-state index contributed by atoms with van der Waals surface area (Å²) in [5.74, 6) is -0.156. The molecule has 1 fully saturated rings. The Balaban J connectivity index is 0.00000243. The molecule has 0 radical (unpaired) electrons. The summed E-state index contributed by atoms with van der Waals surface area (Å²) in [7, 11) is 0. The van der Waals surface area contributed by atoms with Crippen molar-refractivity contribution in [1.29, 1.82) is 0 Å². The first-order valence-electron chi connectivity index (χ1n) is 8.60. The fraction of sp³-hybridized carbons (Fsp3) is 0.529. The molecule has 142 valence electrons. The molecule has 2 aromatic heterocycles. The van der Waals surface area contributed by atoms with Crippen molar-refractivity contribution in [2.45, 2.75) is 38.6 Å². The minimum Gasteiger partial charge on any atom is -0.354 e. The number of likely N-dealkylation sites (tertiary alicyclic amines) is 1. The topological polar surface area (TPSA) is 114 Å². The van der Waals surface area contributed by atoms with E-state index in [2.05, 4.69) is 15.5 Å². The van der Waals surface area contributed by atoms with Gasteiger partial charge in [0.2, 0.25) is 5.91 Å². The van der Waals surface area contributed by atoms with Gasteiger partial charge in [-0.15, -0.1) is 12.4 Å². The van der Waals surface area contributed by atoms with E-state index in [0.29, 0.717) is 43.0 Å². The number of pyridine rings is 1. The number of piperidine rings is 1. The molecule has 3 N–H and O–H groups in total. The molecule has 3 rings (SSSR count). The standard InChI is InChI=1S/C17H23N5O3.ClH/c1-11-14-8-12(9-20-16(14)25-21-11)17(24)22-7-3-2-4-13(22)10-19-15(23)5-6-18;/h8-9,13H,2-7,10,18H2,1H3,(H,19,23);1H. The lowest BCUT2D eigenvalue weighted by Crippen LogP contribution is -2.49. The summed E-state index contributed by atoms with van der Waals surface area (Å²) in [5.41, 5.74) is 7.04. The molecule has 0 aromatic carbocycles. The minimum atomic E-state index is -0.0799. The van der Waals surface area contributed by atoms with Gasteiger partial charge < -0.3 is 20.5 Å². The van der Waals surface area contributed by atoms with Gasteiger partial charge in [-0.25, -0.2) is 4.98 Å². The first kappa shape index (κ1) is 20.1. The Bertz CT molecular complexity index is 779. The highest BCUT2D eigenvalue weighted by molar-refractivity contribution is 5.97. The van der Waals surface area contributed by atoms with E-state index in [4.69, 9.17) is 10.3 Å². The van der Waals surface area contributed by atoms with Crippen LogP contribution in [0, 0.1) is 6.92 Å². The largest absolute Gasteiger partial charge is 0.354 e. The van der Waals surface area contributed by atoms with Gasteiger partial charge in [0.05, 0.1) is 16.6 Å². The summed E-state index contributed by atoms with van der Waals surface area (Å²) in [6.45, 7) is 3.27. The van der Waals surface area contributed by atoms with Gasteiger partial charge in [-0.1, -0.05) is 5.16 Å². The average molecular weight is 382 g/mol. The van der Waals surface area contributed by atoms with Crippen LogP contribution in [0.5, 0.6) is 0 Å². The number of amides is 2. The first-order chi connectivity index (χ1) is 12.1. The molecule has 9 heteroatoms. The molecule has 0 spiro atoms. The number of hydrogen-bond donors (Lipinski definition) is 2. The molecule has 1 atom stereocenters. The number of hydrogen-bond acceptors (Lipinski definition) is 6. The Morgan fingerprint density at radius 3 is 3.00 bits per heavy atom. The summed E-state index contributed by atoms with van der Waals surface area (Å²) in [6, 6.07) is 1.76. The van der Waals surface area contributed by atoms with Crippen molar-refractivity contribution in [2.75, 3.05) is 19.6 Å². The SMILES string of the molecule is Cc1noc2ncc(C(=O)N3CCCCC3CNC(=O)CCN)cc12.Cl. The third kappa shape index (κ3) is 4.31. The zero-order valence-electron chi connectivity index (χ0n) is 14.7. The number of halogens is 1. The Hall–Kier alpha value is -2.19. The fourth-order valence-electron chi connectivity index (χ4n) is 3.16. The monoisotopic (exact) mass is 381 g/mol. The van der Waals surface area contributed by atoms with E-state index in [1.54, 1.807) is 6.07 Å². The van der Waals surface area contributed by atoms with E-state index in [9.17, 15) is 9.59 Å². The molecule has 26 heavy (non-hydrogen) atoms. The van der Waals surface area contributed by atoms with Crippen LogP contribution in [-0.2, 0) is 4.79 Å². The maximum absolute atomic E-state index is 13.0. The van der Waals surface area contributed by atoms with Crippen molar-refractivity contribution in [3.63, 3.8) is 0 Å². The predicted octanol–water partition coefficient (Wildman–Crippen LogP) is 1.41. The maximum atomic E-state index is 13.0. The van der Waals surface area contributed by atoms with Crippen molar-refractivity contribution in [3.8, 4) is 0 Å². The summed E-state index contributed by atoms with van der Waals surface area (Å²) >= 11 is 0. The van der Waals surface area contributed by atoms with Crippen molar-refractivity contribution >= 4 is 35.3 Å². The summed E-state index contributed by atoms with van der Waals surface area (Å²) in [5, 5.41) is 7.49. The zero-order valence-corrected chi connectivity index (χ0v) is 15.6. The van der Waals surface area contributed by atoms with Crippen molar-refractivity contribution < 1.29 is 14.1 Å². The van der Waals surface area contributed by atoms with Crippen LogP contribution in [0.1, 0.15) is 41.7 Å². The zero-order chi connectivity index (χ0) is 17.8. The molecule has 0 saturated carbocycles. The molecular weight excluding hydrogens is 358 g/mol. The van der Waals surface area contributed by atoms with Crippen LogP contribution >= 0.6 is 12.4 Å². The van der Waals surface area contributed by atoms with E-state index in [1.807, 2.05) is 11.8 Å².